The van der Waals surface area contributed by atoms with Crippen LogP contribution in [-0.4, -0.2) is 31.7 Å². The highest BCUT2D eigenvalue weighted by Crippen LogP contribution is 2.38. The van der Waals surface area contributed by atoms with E-state index in [-0.39, 0.29) is 5.91 Å². The number of nitrogens with one attached hydrogen (secondary N) is 2. The molecule has 1 amide bonds. The summed E-state index contributed by atoms with van der Waals surface area (Å²) in [6.45, 7) is 5.47. The second kappa shape index (κ2) is 10.2. The van der Waals surface area contributed by atoms with Gasteiger partial charge in [0, 0.05) is 19.0 Å². The molecule has 2 N–H and O–H groups in total. The Kier molecular flexibility index (Phi) is 8.60. The molecule has 0 aromatic heterocycles. The molecule has 0 radical (unpaired) electrons. The third-order valence-corrected chi connectivity index (χ3v) is 8.55. The van der Waals surface area contributed by atoms with E-state index >= 15 is 0 Å². The fraction of sp³-hybridized carbons (Fsp3) is 0.952. The summed E-state index contributed by atoms with van der Waals surface area (Å²) in [5.74, 6) is 1.61. The quantitative estimate of drug-likeness (QED) is 0.602. The lowest BCUT2D eigenvalue weighted by molar-refractivity contribution is -0.122. The lowest BCUT2D eigenvalue weighted by Gasteiger charge is -2.39. The standard InChI is InChI=1S/C21H40N2O3S/c1-21(2,3)27(25,26)22-16-10-9-15-20(24)23-19-14-8-7-13-18(19)17-11-5-4-6-12-17/h17-19,22H,4-16H2,1-3H3,(H,23,24). The van der Waals surface area contributed by atoms with Crippen molar-refractivity contribution < 1.29 is 13.2 Å². The Balaban J connectivity index is 1.69. The minimum Gasteiger partial charge on any atom is -0.353 e. The summed E-state index contributed by atoms with van der Waals surface area (Å²) in [5.41, 5.74) is 0. The summed E-state index contributed by atoms with van der Waals surface area (Å²) in [6.07, 6.45) is 13.6. The molecule has 6 heteroatoms. The maximum Gasteiger partial charge on any atom is 0.220 e. The molecule has 0 aromatic rings. The van der Waals surface area contributed by atoms with Crippen LogP contribution in [0.1, 0.15) is 97.8 Å². The van der Waals surface area contributed by atoms with Crippen molar-refractivity contribution in [2.24, 2.45) is 11.8 Å². The number of unbranched alkanes of at least 4 members (excludes halogenated alkanes) is 1. The van der Waals surface area contributed by atoms with E-state index in [1.165, 1.54) is 51.4 Å². The average molecular weight is 401 g/mol. The largest absolute Gasteiger partial charge is 0.353 e. The minimum atomic E-state index is -3.29. The van der Waals surface area contributed by atoms with Gasteiger partial charge in [-0.3, -0.25) is 4.79 Å². The predicted molar refractivity (Wildman–Crippen MR) is 111 cm³/mol. The van der Waals surface area contributed by atoms with Crippen LogP contribution in [0, 0.1) is 11.8 Å². The highest BCUT2D eigenvalue weighted by molar-refractivity contribution is 7.90. The fourth-order valence-corrected chi connectivity index (χ4v) is 5.42. The van der Waals surface area contributed by atoms with E-state index in [9.17, 15) is 13.2 Å². The molecule has 5 nitrogen and oxygen atoms in total. The molecule has 2 aliphatic carbocycles. The highest BCUT2D eigenvalue weighted by atomic mass is 32.2. The van der Waals surface area contributed by atoms with Crippen molar-refractivity contribution in [3.63, 3.8) is 0 Å². The van der Waals surface area contributed by atoms with Crippen LogP contribution in [0.25, 0.3) is 0 Å². The number of amides is 1. The molecule has 0 aromatic carbocycles. The van der Waals surface area contributed by atoms with Gasteiger partial charge in [0.15, 0.2) is 0 Å². The molecular weight excluding hydrogens is 360 g/mol. The number of rotatable bonds is 8. The van der Waals surface area contributed by atoms with Crippen LogP contribution in [0.4, 0.5) is 0 Å². The Morgan fingerprint density at radius 1 is 0.926 bits per heavy atom. The first-order chi connectivity index (χ1) is 12.7. The zero-order chi connectivity index (χ0) is 19.9. The molecule has 2 rings (SSSR count). The van der Waals surface area contributed by atoms with E-state index < -0.39 is 14.8 Å². The molecule has 2 unspecified atom stereocenters. The minimum absolute atomic E-state index is 0.140. The van der Waals surface area contributed by atoms with Crippen molar-refractivity contribution in [3.8, 4) is 0 Å². The Labute approximate surface area is 166 Å². The zero-order valence-electron chi connectivity index (χ0n) is 17.6. The van der Waals surface area contributed by atoms with Crippen LogP contribution >= 0.6 is 0 Å². The average Bonchev–Trinajstić information content (AvgIpc) is 2.61. The third kappa shape index (κ3) is 7.04. The Morgan fingerprint density at radius 2 is 1.56 bits per heavy atom. The van der Waals surface area contributed by atoms with Crippen LogP contribution in [0.5, 0.6) is 0 Å². The van der Waals surface area contributed by atoms with Gasteiger partial charge in [-0.05, 0) is 58.3 Å². The lowest BCUT2D eigenvalue weighted by Crippen LogP contribution is -2.45. The molecule has 0 bridgehead atoms. The summed E-state index contributed by atoms with van der Waals surface area (Å²) >= 11 is 0. The second-order valence-corrected chi connectivity index (χ2v) is 12.0. The molecule has 27 heavy (non-hydrogen) atoms. The molecule has 2 aliphatic rings. The first kappa shape index (κ1) is 22.7. The van der Waals surface area contributed by atoms with Crippen LogP contribution in [0.3, 0.4) is 0 Å². The number of hydrogen-bond acceptors (Lipinski definition) is 3. The number of carbonyl (C=O) groups is 1. The molecule has 2 fully saturated rings. The lowest BCUT2D eigenvalue weighted by atomic mass is 9.71. The van der Waals surface area contributed by atoms with Crippen LogP contribution in [-0.2, 0) is 14.8 Å². The fourth-order valence-electron chi connectivity index (χ4n) is 4.58. The van der Waals surface area contributed by atoms with Crippen LogP contribution < -0.4 is 10.0 Å². The molecule has 0 aliphatic heterocycles. The van der Waals surface area contributed by atoms with Crippen molar-refractivity contribution in [3.05, 3.63) is 0 Å². The second-order valence-electron chi connectivity index (χ2n) is 9.49. The summed E-state index contributed by atoms with van der Waals surface area (Å²) in [7, 11) is -3.29. The Bertz CT molecular complexity index is 562. The van der Waals surface area contributed by atoms with Crippen LogP contribution in [0.2, 0.25) is 0 Å². The van der Waals surface area contributed by atoms with Gasteiger partial charge in [-0.1, -0.05) is 44.9 Å². The van der Waals surface area contributed by atoms with Crippen LogP contribution in [0.15, 0.2) is 0 Å². The molecule has 158 valence electrons. The van der Waals surface area contributed by atoms with E-state index in [1.54, 1.807) is 20.8 Å². The molecule has 2 saturated carbocycles. The van der Waals surface area contributed by atoms with Crippen molar-refractivity contribution in [1.82, 2.24) is 10.0 Å². The summed E-state index contributed by atoms with van der Waals surface area (Å²) in [6, 6.07) is 0.355. The Morgan fingerprint density at radius 3 is 2.22 bits per heavy atom. The number of sulfonamides is 1. The molecular formula is C21H40N2O3S. The summed E-state index contributed by atoms with van der Waals surface area (Å²) in [4.78, 5) is 12.4. The van der Waals surface area contributed by atoms with Crippen molar-refractivity contribution in [1.29, 1.82) is 0 Å². The molecule has 0 heterocycles. The summed E-state index contributed by atoms with van der Waals surface area (Å²) in [5, 5.41) is 3.32. The summed E-state index contributed by atoms with van der Waals surface area (Å²) < 4.78 is 25.9. The zero-order valence-corrected chi connectivity index (χ0v) is 18.4. The van der Waals surface area contributed by atoms with Gasteiger partial charge in [-0.2, -0.15) is 0 Å². The first-order valence-electron chi connectivity index (χ1n) is 11.0. The van der Waals surface area contributed by atoms with Gasteiger partial charge in [0.2, 0.25) is 15.9 Å². The van der Waals surface area contributed by atoms with Gasteiger partial charge < -0.3 is 5.32 Å². The van der Waals surface area contributed by atoms with Crippen molar-refractivity contribution in [2.45, 2.75) is 109 Å². The van der Waals surface area contributed by atoms with E-state index in [0.29, 0.717) is 31.3 Å². The van der Waals surface area contributed by atoms with E-state index in [2.05, 4.69) is 10.0 Å². The number of hydrogen-bond donors (Lipinski definition) is 2. The topological polar surface area (TPSA) is 75.3 Å². The van der Waals surface area contributed by atoms with Gasteiger partial charge in [-0.25, -0.2) is 13.1 Å². The van der Waals surface area contributed by atoms with Crippen molar-refractivity contribution in [2.75, 3.05) is 6.54 Å². The maximum absolute atomic E-state index is 12.4. The van der Waals surface area contributed by atoms with Gasteiger partial charge in [0.1, 0.15) is 0 Å². The monoisotopic (exact) mass is 400 g/mol. The molecule has 0 spiro atoms. The highest BCUT2D eigenvalue weighted by Gasteiger charge is 2.33. The first-order valence-corrected chi connectivity index (χ1v) is 12.5. The molecule has 2 atom stereocenters. The van der Waals surface area contributed by atoms with Gasteiger partial charge >= 0.3 is 0 Å². The predicted octanol–water partition coefficient (Wildman–Crippen LogP) is 4.13. The molecule has 0 saturated heterocycles. The smallest absolute Gasteiger partial charge is 0.220 e. The van der Waals surface area contributed by atoms with E-state index in [0.717, 1.165) is 18.8 Å². The van der Waals surface area contributed by atoms with Gasteiger partial charge in [0.05, 0.1) is 4.75 Å². The van der Waals surface area contributed by atoms with E-state index in [4.69, 9.17) is 0 Å². The van der Waals surface area contributed by atoms with Gasteiger partial charge in [-0.15, -0.1) is 0 Å². The third-order valence-electron chi connectivity index (χ3n) is 6.35. The van der Waals surface area contributed by atoms with E-state index in [1.807, 2.05) is 0 Å². The normalized spacial score (nSPS) is 25.3. The maximum atomic E-state index is 12.4. The van der Waals surface area contributed by atoms with Crippen molar-refractivity contribution >= 4 is 15.9 Å². The Hall–Kier alpha value is -0.620. The van der Waals surface area contributed by atoms with Gasteiger partial charge in [0.25, 0.3) is 0 Å². The number of carbonyl (C=O) groups excluding carboxylic acids is 1. The SMILES string of the molecule is CC(C)(C)S(=O)(=O)NCCCCC(=O)NC1CCCCC1C1CCCCC1.